The maximum Gasteiger partial charge on any atom is 0.143 e. The molecule has 0 atom stereocenters. The number of hydrogen-bond donors (Lipinski definition) is 0. The van der Waals surface area contributed by atoms with Gasteiger partial charge in [0.1, 0.15) is 11.2 Å². The highest BCUT2D eigenvalue weighted by Gasteiger charge is 2.40. The molecule has 11 rings (SSSR count). The van der Waals surface area contributed by atoms with Gasteiger partial charge in [0.2, 0.25) is 0 Å². The molecule has 0 aliphatic heterocycles. The predicted molar refractivity (Wildman–Crippen MR) is 226 cm³/mol. The largest absolute Gasteiger partial charge is 0.455 e. The Bertz CT molecular complexity index is 3010. The minimum atomic E-state index is -0.208. The molecule has 0 fully saturated rings. The molecule has 0 radical (unpaired) electrons. The summed E-state index contributed by atoms with van der Waals surface area (Å²) in [6, 6.07) is 60.3. The van der Waals surface area contributed by atoms with Crippen molar-refractivity contribution in [3.8, 4) is 33.4 Å². The van der Waals surface area contributed by atoms with E-state index in [4.69, 9.17) is 4.42 Å². The Morgan fingerprint density at radius 3 is 1.80 bits per heavy atom. The highest BCUT2D eigenvalue weighted by Crippen LogP contribution is 2.56. The zero-order chi connectivity index (χ0) is 36.3. The van der Waals surface area contributed by atoms with E-state index >= 15 is 0 Å². The molecule has 9 aromatic rings. The van der Waals surface area contributed by atoms with E-state index in [0.29, 0.717) is 0 Å². The molecule has 0 saturated heterocycles. The Hall–Kier alpha value is -6.38. The summed E-state index contributed by atoms with van der Waals surface area (Å²) in [5.41, 5.74) is 17.9. The van der Waals surface area contributed by atoms with Gasteiger partial charge >= 0.3 is 0 Å². The molecule has 1 heterocycles. The number of para-hydroxylation sites is 2. The summed E-state index contributed by atoms with van der Waals surface area (Å²) < 4.78 is 6.95. The van der Waals surface area contributed by atoms with Crippen LogP contribution in [0.5, 0.6) is 0 Å². The third-order valence-electron chi connectivity index (χ3n) is 12.4. The Labute approximate surface area is 315 Å². The quantitative estimate of drug-likeness (QED) is 0.182. The molecule has 258 valence electrons. The van der Waals surface area contributed by atoms with Crippen molar-refractivity contribution in [2.45, 2.75) is 38.5 Å². The topological polar surface area (TPSA) is 16.4 Å². The van der Waals surface area contributed by atoms with E-state index in [9.17, 15) is 0 Å². The molecule has 1 aromatic heterocycles. The summed E-state index contributed by atoms with van der Waals surface area (Å²) in [4.78, 5) is 2.52. The first-order valence-corrected chi connectivity index (χ1v) is 19.0. The normalized spacial score (nSPS) is 14.6. The summed E-state index contributed by atoms with van der Waals surface area (Å²) >= 11 is 0. The van der Waals surface area contributed by atoms with Gasteiger partial charge in [-0.25, -0.2) is 0 Å². The van der Waals surface area contributed by atoms with Gasteiger partial charge in [-0.1, -0.05) is 161 Å². The first-order valence-electron chi connectivity index (χ1n) is 19.0. The molecule has 0 unspecified atom stereocenters. The van der Waals surface area contributed by atoms with Crippen LogP contribution in [0.1, 0.15) is 49.9 Å². The Morgan fingerprint density at radius 2 is 0.963 bits per heavy atom. The van der Waals surface area contributed by atoms with Crippen LogP contribution in [0.2, 0.25) is 0 Å². The van der Waals surface area contributed by atoms with Gasteiger partial charge in [0, 0.05) is 43.8 Å². The van der Waals surface area contributed by atoms with E-state index in [2.05, 4.69) is 196 Å². The standard InChI is InChI=1S/C52H39NO/c1-51(2)43-23-10-8-18-36(43)42-31-33(28-30-45(42)51)53(47-26-14-20-38-35-17-7-11-24-44(35)52(3,4)48(38)47)46-25-12-9-19-37(46)39-21-13-22-40-41-29-27-32-15-5-6-16-34(32)49(41)54-50(39)40/h5-31H,1-4H3. The van der Waals surface area contributed by atoms with E-state index in [1.165, 1.54) is 55.6 Å². The highest BCUT2D eigenvalue weighted by atomic mass is 16.3. The molecule has 2 nitrogen and oxygen atoms in total. The minimum absolute atomic E-state index is 0.0774. The second kappa shape index (κ2) is 11.1. The molecule has 2 heteroatoms. The number of benzene rings is 8. The monoisotopic (exact) mass is 693 g/mol. The number of hydrogen-bond acceptors (Lipinski definition) is 2. The summed E-state index contributed by atoms with van der Waals surface area (Å²) in [5.74, 6) is 0. The minimum Gasteiger partial charge on any atom is -0.455 e. The molecule has 0 N–H and O–H groups in total. The molecular formula is C52H39NO. The second-order valence-electron chi connectivity index (χ2n) is 16.1. The lowest BCUT2D eigenvalue weighted by Gasteiger charge is -2.33. The maximum atomic E-state index is 6.95. The van der Waals surface area contributed by atoms with E-state index in [1.807, 2.05) is 0 Å². The summed E-state index contributed by atoms with van der Waals surface area (Å²) in [6.07, 6.45) is 0. The SMILES string of the molecule is CC1(C)c2ccccc2-c2cc(N(c3ccccc3-c3cccc4c3oc3c5ccccc5ccc43)c3cccc4c3C(C)(C)c3ccccc3-4)ccc21. The lowest BCUT2D eigenvalue weighted by molar-refractivity contribution is 0.660. The van der Waals surface area contributed by atoms with Crippen LogP contribution in [-0.4, -0.2) is 0 Å². The van der Waals surface area contributed by atoms with Gasteiger partial charge in [-0.15, -0.1) is 0 Å². The number of fused-ring (bicyclic) bond motifs is 11. The molecule has 0 saturated carbocycles. The van der Waals surface area contributed by atoms with Gasteiger partial charge < -0.3 is 9.32 Å². The third kappa shape index (κ3) is 4.17. The number of nitrogens with zero attached hydrogens (tertiary/aromatic N) is 1. The lowest BCUT2D eigenvalue weighted by atomic mass is 9.81. The van der Waals surface area contributed by atoms with Gasteiger partial charge in [-0.05, 0) is 80.2 Å². The van der Waals surface area contributed by atoms with Crippen molar-refractivity contribution < 1.29 is 4.42 Å². The smallest absolute Gasteiger partial charge is 0.143 e. The summed E-state index contributed by atoms with van der Waals surface area (Å²) in [6.45, 7) is 9.47. The Kier molecular flexibility index (Phi) is 6.39. The number of furan rings is 1. The van der Waals surface area contributed by atoms with Crippen molar-refractivity contribution in [1.82, 2.24) is 0 Å². The molecule has 0 amide bonds. The van der Waals surface area contributed by atoms with Crippen molar-refractivity contribution in [2.75, 3.05) is 4.90 Å². The zero-order valence-electron chi connectivity index (χ0n) is 30.9. The van der Waals surface area contributed by atoms with Crippen molar-refractivity contribution in [2.24, 2.45) is 0 Å². The van der Waals surface area contributed by atoms with Crippen LogP contribution in [0.15, 0.2) is 168 Å². The predicted octanol–water partition coefficient (Wildman–Crippen LogP) is 14.5. The molecule has 8 aromatic carbocycles. The lowest BCUT2D eigenvalue weighted by Crippen LogP contribution is -2.21. The Balaban J connectivity index is 1.20. The van der Waals surface area contributed by atoms with Crippen LogP contribution in [-0.2, 0) is 10.8 Å². The van der Waals surface area contributed by atoms with E-state index < -0.39 is 0 Å². The van der Waals surface area contributed by atoms with Crippen molar-refractivity contribution in [3.63, 3.8) is 0 Å². The number of anilines is 3. The van der Waals surface area contributed by atoms with Crippen molar-refractivity contribution in [1.29, 1.82) is 0 Å². The van der Waals surface area contributed by atoms with Crippen LogP contribution < -0.4 is 4.90 Å². The zero-order valence-corrected chi connectivity index (χ0v) is 30.9. The van der Waals surface area contributed by atoms with Crippen LogP contribution in [0, 0.1) is 0 Å². The van der Waals surface area contributed by atoms with Crippen LogP contribution >= 0.6 is 0 Å². The second-order valence-corrected chi connectivity index (χ2v) is 16.1. The molecule has 54 heavy (non-hydrogen) atoms. The van der Waals surface area contributed by atoms with Crippen LogP contribution in [0.4, 0.5) is 17.1 Å². The van der Waals surface area contributed by atoms with Crippen LogP contribution in [0.3, 0.4) is 0 Å². The van der Waals surface area contributed by atoms with Gasteiger partial charge in [-0.2, -0.15) is 0 Å². The fraction of sp³-hybridized carbons (Fsp3) is 0.115. The molecule has 0 spiro atoms. The molecular weight excluding hydrogens is 655 g/mol. The third-order valence-corrected chi connectivity index (χ3v) is 12.4. The molecule has 2 aliphatic rings. The summed E-state index contributed by atoms with van der Waals surface area (Å²) in [5, 5.41) is 4.58. The van der Waals surface area contributed by atoms with Gasteiger partial charge in [0.15, 0.2) is 0 Å². The number of rotatable bonds is 4. The van der Waals surface area contributed by atoms with Gasteiger partial charge in [0.25, 0.3) is 0 Å². The maximum absolute atomic E-state index is 6.95. The van der Waals surface area contributed by atoms with Crippen molar-refractivity contribution >= 4 is 49.8 Å². The fourth-order valence-corrected chi connectivity index (χ4v) is 9.90. The van der Waals surface area contributed by atoms with Crippen LogP contribution in [0.25, 0.3) is 66.1 Å². The molecule has 0 bridgehead atoms. The molecule has 2 aliphatic carbocycles. The average Bonchev–Trinajstić information content (AvgIpc) is 3.79. The first-order chi connectivity index (χ1) is 26.3. The first kappa shape index (κ1) is 31.2. The van der Waals surface area contributed by atoms with Gasteiger partial charge in [0.05, 0.1) is 11.4 Å². The van der Waals surface area contributed by atoms with E-state index in [0.717, 1.165) is 49.8 Å². The van der Waals surface area contributed by atoms with E-state index in [-0.39, 0.29) is 10.8 Å². The van der Waals surface area contributed by atoms with Crippen molar-refractivity contribution in [3.05, 3.63) is 186 Å². The average molecular weight is 694 g/mol. The Morgan fingerprint density at radius 1 is 0.389 bits per heavy atom. The fourth-order valence-electron chi connectivity index (χ4n) is 9.90. The van der Waals surface area contributed by atoms with Gasteiger partial charge in [-0.3, -0.25) is 0 Å². The highest BCUT2D eigenvalue weighted by molar-refractivity contribution is 6.17. The van der Waals surface area contributed by atoms with E-state index in [1.54, 1.807) is 0 Å². The summed E-state index contributed by atoms with van der Waals surface area (Å²) in [7, 11) is 0.